The molecule has 1 fully saturated rings. The first-order valence-corrected chi connectivity index (χ1v) is 5.54. The predicted octanol–water partition coefficient (Wildman–Crippen LogP) is 1.96. The topological polar surface area (TPSA) is 48.1 Å². The highest BCUT2D eigenvalue weighted by Crippen LogP contribution is 2.23. The molecular formula is C12H18N2O. The summed E-state index contributed by atoms with van der Waals surface area (Å²) in [7, 11) is 0. The van der Waals surface area contributed by atoms with Crippen LogP contribution in [0.2, 0.25) is 0 Å². The predicted molar refractivity (Wildman–Crippen MR) is 59.5 cm³/mol. The second-order valence-electron chi connectivity index (χ2n) is 4.27. The van der Waals surface area contributed by atoms with E-state index in [9.17, 15) is 0 Å². The first-order chi connectivity index (χ1) is 7.25. The maximum atomic E-state index is 6.12. The number of nitrogens with zero attached hydrogens (tertiary/aromatic N) is 1. The zero-order chi connectivity index (χ0) is 10.7. The molecule has 0 aliphatic carbocycles. The smallest absolute Gasteiger partial charge is 0.0594 e. The van der Waals surface area contributed by atoms with E-state index in [-0.39, 0.29) is 6.04 Å². The van der Waals surface area contributed by atoms with Crippen LogP contribution in [0.5, 0.6) is 0 Å². The molecule has 15 heavy (non-hydrogen) atoms. The van der Waals surface area contributed by atoms with Crippen molar-refractivity contribution in [3.05, 3.63) is 29.6 Å². The molecule has 2 atom stereocenters. The van der Waals surface area contributed by atoms with Gasteiger partial charge in [-0.1, -0.05) is 6.07 Å². The summed E-state index contributed by atoms with van der Waals surface area (Å²) in [6.07, 6.45) is 7.27. The maximum Gasteiger partial charge on any atom is 0.0594 e. The lowest BCUT2D eigenvalue weighted by Crippen LogP contribution is -2.18. The largest absolute Gasteiger partial charge is 0.378 e. The summed E-state index contributed by atoms with van der Waals surface area (Å²) >= 11 is 0. The molecule has 0 aromatic carbocycles. The molecule has 82 valence electrons. The van der Waals surface area contributed by atoms with Gasteiger partial charge in [0.05, 0.1) is 6.10 Å². The second kappa shape index (κ2) is 4.73. The van der Waals surface area contributed by atoms with Gasteiger partial charge in [-0.25, -0.2) is 0 Å². The van der Waals surface area contributed by atoms with Gasteiger partial charge in [-0.2, -0.15) is 0 Å². The van der Waals surface area contributed by atoms with E-state index in [0.29, 0.717) is 6.10 Å². The minimum atomic E-state index is 0.0560. The average molecular weight is 206 g/mol. The lowest BCUT2D eigenvalue weighted by atomic mass is 10.0. The fraction of sp³-hybridized carbons (Fsp3) is 0.583. The monoisotopic (exact) mass is 206 g/mol. The van der Waals surface area contributed by atoms with Crippen molar-refractivity contribution in [1.82, 2.24) is 4.98 Å². The van der Waals surface area contributed by atoms with E-state index in [1.807, 2.05) is 19.3 Å². The molecule has 2 unspecified atom stereocenters. The molecule has 0 spiro atoms. The van der Waals surface area contributed by atoms with Crippen LogP contribution in [0.1, 0.15) is 36.4 Å². The summed E-state index contributed by atoms with van der Waals surface area (Å²) in [4.78, 5) is 4.16. The van der Waals surface area contributed by atoms with Crippen LogP contribution in [0.25, 0.3) is 0 Å². The van der Waals surface area contributed by atoms with Gasteiger partial charge in [0.15, 0.2) is 0 Å². The first-order valence-electron chi connectivity index (χ1n) is 5.54. The van der Waals surface area contributed by atoms with Gasteiger partial charge in [-0.05, 0) is 37.3 Å². The van der Waals surface area contributed by atoms with Crippen molar-refractivity contribution in [2.24, 2.45) is 5.73 Å². The van der Waals surface area contributed by atoms with Crippen LogP contribution in [0, 0.1) is 6.92 Å². The summed E-state index contributed by atoms with van der Waals surface area (Å²) < 4.78 is 5.57. The molecule has 0 radical (unpaired) electrons. The number of aromatic nitrogens is 1. The molecule has 2 rings (SSSR count). The van der Waals surface area contributed by atoms with Gasteiger partial charge in [-0.3, -0.25) is 4.98 Å². The van der Waals surface area contributed by atoms with Crippen molar-refractivity contribution in [2.75, 3.05) is 6.61 Å². The van der Waals surface area contributed by atoms with Crippen molar-refractivity contribution < 1.29 is 4.74 Å². The number of rotatable bonds is 3. The Labute approximate surface area is 90.7 Å². The third kappa shape index (κ3) is 2.76. The number of nitrogens with two attached hydrogens (primary N) is 1. The molecule has 3 heteroatoms. The number of pyridine rings is 1. The number of hydrogen-bond donors (Lipinski definition) is 1. The van der Waals surface area contributed by atoms with Crippen LogP contribution < -0.4 is 5.73 Å². The Balaban J connectivity index is 1.97. The van der Waals surface area contributed by atoms with Crippen LogP contribution >= 0.6 is 0 Å². The number of hydrogen-bond acceptors (Lipinski definition) is 3. The molecule has 1 saturated heterocycles. The Morgan fingerprint density at radius 1 is 1.60 bits per heavy atom. The summed E-state index contributed by atoms with van der Waals surface area (Å²) in [5.41, 5.74) is 8.40. The number of aryl methyl sites for hydroxylation is 1. The Kier molecular flexibility index (Phi) is 3.34. The van der Waals surface area contributed by atoms with Crippen LogP contribution in [-0.2, 0) is 4.74 Å². The Bertz CT molecular complexity index is 321. The minimum Gasteiger partial charge on any atom is -0.378 e. The molecule has 3 nitrogen and oxygen atoms in total. The van der Waals surface area contributed by atoms with Gasteiger partial charge in [0, 0.05) is 25.0 Å². The Morgan fingerprint density at radius 3 is 3.13 bits per heavy atom. The van der Waals surface area contributed by atoms with E-state index < -0.39 is 0 Å². The van der Waals surface area contributed by atoms with Crippen molar-refractivity contribution in [2.45, 2.75) is 38.3 Å². The van der Waals surface area contributed by atoms with Gasteiger partial charge >= 0.3 is 0 Å². The molecule has 2 N–H and O–H groups in total. The van der Waals surface area contributed by atoms with E-state index >= 15 is 0 Å². The number of ether oxygens (including phenoxy) is 1. The van der Waals surface area contributed by atoms with Gasteiger partial charge in [0.2, 0.25) is 0 Å². The van der Waals surface area contributed by atoms with E-state index in [4.69, 9.17) is 10.5 Å². The van der Waals surface area contributed by atoms with Crippen molar-refractivity contribution in [3.63, 3.8) is 0 Å². The van der Waals surface area contributed by atoms with E-state index in [0.717, 1.165) is 30.6 Å². The van der Waals surface area contributed by atoms with Gasteiger partial charge in [-0.15, -0.1) is 0 Å². The zero-order valence-corrected chi connectivity index (χ0v) is 9.15. The normalized spacial score (nSPS) is 22.9. The third-order valence-electron chi connectivity index (χ3n) is 2.87. The first kappa shape index (κ1) is 10.6. The van der Waals surface area contributed by atoms with Crippen LogP contribution in [0.3, 0.4) is 0 Å². The SMILES string of the molecule is Cc1cncc(C(N)CC2CCCO2)c1. The molecule has 0 saturated carbocycles. The fourth-order valence-electron chi connectivity index (χ4n) is 2.03. The molecule has 1 aliphatic heterocycles. The standard InChI is InChI=1S/C12H18N2O/c1-9-5-10(8-14-7-9)12(13)6-11-3-2-4-15-11/h5,7-8,11-12H,2-4,6,13H2,1H3. The summed E-state index contributed by atoms with van der Waals surface area (Å²) in [5, 5.41) is 0. The van der Waals surface area contributed by atoms with Crippen molar-refractivity contribution in [1.29, 1.82) is 0 Å². The minimum absolute atomic E-state index is 0.0560. The summed E-state index contributed by atoms with van der Waals surface area (Å²) in [6.45, 7) is 2.93. The Morgan fingerprint density at radius 2 is 2.47 bits per heavy atom. The molecule has 2 heterocycles. The fourth-order valence-corrected chi connectivity index (χ4v) is 2.03. The van der Waals surface area contributed by atoms with Crippen LogP contribution in [0.15, 0.2) is 18.5 Å². The van der Waals surface area contributed by atoms with E-state index in [2.05, 4.69) is 11.1 Å². The van der Waals surface area contributed by atoms with Crippen LogP contribution in [0.4, 0.5) is 0 Å². The molecule has 1 aliphatic rings. The molecular weight excluding hydrogens is 188 g/mol. The van der Waals surface area contributed by atoms with E-state index in [1.54, 1.807) is 0 Å². The lowest BCUT2D eigenvalue weighted by Gasteiger charge is -2.16. The third-order valence-corrected chi connectivity index (χ3v) is 2.87. The molecule has 0 bridgehead atoms. The average Bonchev–Trinajstić information content (AvgIpc) is 2.70. The van der Waals surface area contributed by atoms with Gasteiger partial charge in [0.1, 0.15) is 0 Å². The van der Waals surface area contributed by atoms with Crippen LogP contribution in [-0.4, -0.2) is 17.7 Å². The zero-order valence-electron chi connectivity index (χ0n) is 9.15. The van der Waals surface area contributed by atoms with Crippen molar-refractivity contribution in [3.8, 4) is 0 Å². The molecule has 0 amide bonds. The lowest BCUT2D eigenvalue weighted by molar-refractivity contribution is 0.0983. The van der Waals surface area contributed by atoms with Gasteiger partial charge in [0.25, 0.3) is 0 Å². The molecule has 1 aromatic rings. The summed E-state index contributed by atoms with van der Waals surface area (Å²) in [6, 6.07) is 2.16. The highest BCUT2D eigenvalue weighted by Gasteiger charge is 2.19. The highest BCUT2D eigenvalue weighted by atomic mass is 16.5. The maximum absolute atomic E-state index is 6.12. The molecule has 1 aromatic heterocycles. The summed E-state index contributed by atoms with van der Waals surface area (Å²) in [5.74, 6) is 0. The Hall–Kier alpha value is -0.930. The van der Waals surface area contributed by atoms with E-state index in [1.165, 1.54) is 6.42 Å². The second-order valence-corrected chi connectivity index (χ2v) is 4.27. The van der Waals surface area contributed by atoms with Crippen molar-refractivity contribution >= 4 is 0 Å². The highest BCUT2D eigenvalue weighted by molar-refractivity contribution is 5.19. The quantitative estimate of drug-likeness (QED) is 0.822. The van der Waals surface area contributed by atoms with Gasteiger partial charge < -0.3 is 10.5 Å².